The zero-order valence-corrected chi connectivity index (χ0v) is 15.1. The lowest BCUT2D eigenvalue weighted by molar-refractivity contribution is -0.138. The molecule has 1 saturated heterocycles. The van der Waals surface area contributed by atoms with E-state index in [1.165, 1.54) is 0 Å². The van der Waals surface area contributed by atoms with Crippen molar-refractivity contribution in [2.75, 3.05) is 24.6 Å². The molecular weight excluding hydrogens is 383 g/mol. The van der Waals surface area contributed by atoms with E-state index in [1.54, 1.807) is 11.8 Å². The molecule has 2 rings (SSSR count). The lowest BCUT2D eigenvalue weighted by Gasteiger charge is -2.32. The van der Waals surface area contributed by atoms with E-state index >= 15 is 0 Å². The molecule has 1 aromatic rings. The summed E-state index contributed by atoms with van der Waals surface area (Å²) in [5.41, 5.74) is 6.27. The van der Waals surface area contributed by atoms with Crippen molar-refractivity contribution in [3.05, 3.63) is 18.0 Å². The van der Waals surface area contributed by atoms with E-state index in [0.717, 1.165) is 12.4 Å². The number of rotatable bonds is 6. The lowest BCUT2D eigenvalue weighted by atomic mass is 10.1. The standard InChI is InChI=1S/C15H22F3N7O3/c1-9(22-12(19)26)8-28-24-14(27)23-11-2-4-25(5-3-11)13-20-6-10(7-21-13)15(16,17)18/h6-7,9,11H,2-5,8H2,1H3,(H3,19,22,26)(H2,23,24,27)/t9-/m0/s1. The minimum absolute atomic E-state index is 0.0417. The Morgan fingerprint density at radius 2 is 1.93 bits per heavy atom. The molecule has 1 aliphatic heterocycles. The molecule has 0 bridgehead atoms. The molecule has 156 valence electrons. The molecule has 0 unspecified atom stereocenters. The van der Waals surface area contributed by atoms with E-state index in [2.05, 4.69) is 26.1 Å². The molecule has 0 spiro atoms. The van der Waals surface area contributed by atoms with Crippen molar-refractivity contribution in [2.45, 2.75) is 38.0 Å². The van der Waals surface area contributed by atoms with Crippen LogP contribution in [0, 0.1) is 0 Å². The van der Waals surface area contributed by atoms with Gasteiger partial charge in [-0.25, -0.2) is 25.0 Å². The second-order valence-electron chi connectivity index (χ2n) is 6.33. The number of nitrogens with one attached hydrogen (secondary N) is 3. The summed E-state index contributed by atoms with van der Waals surface area (Å²) in [5, 5.41) is 5.12. The maximum Gasteiger partial charge on any atom is 0.419 e. The third-order valence-electron chi connectivity index (χ3n) is 3.97. The SMILES string of the molecule is C[C@@H](CONC(=O)NC1CCN(c2ncc(C(F)(F)F)cn2)CC1)NC(N)=O. The van der Waals surface area contributed by atoms with Gasteiger partial charge in [-0.3, -0.25) is 4.84 Å². The second kappa shape index (κ2) is 9.39. The third-order valence-corrected chi connectivity index (χ3v) is 3.97. The van der Waals surface area contributed by atoms with Gasteiger partial charge in [0.15, 0.2) is 0 Å². The van der Waals surface area contributed by atoms with Crippen molar-refractivity contribution >= 4 is 18.0 Å². The number of piperidine rings is 1. The highest BCUT2D eigenvalue weighted by Crippen LogP contribution is 2.28. The number of nitrogens with zero attached hydrogens (tertiary/aromatic N) is 3. The molecule has 0 aromatic carbocycles. The van der Waals surface area contributed by atoms with E-state index in [9.17, 15) is 22.8 Å². The van der Waals surface area contributed by atoms with Gasteiger partial charge in [-0.2, -0.15) is 13.2 Å². The molecule has 28 heavy (non-hydrogen) atoms. The predicted octanol–water partition coefficient (Wildman–Crippen LogP) is 0.752. The zero-order chi connectivity index (χ0) is 20.7. The number of urea groups is 2. The monoisotopic (exact) mass is 405 g/mol. The number of amides is 4. The van der Waals surface area contributed by atoms with Gasteiger partial charge in [0.1, 0.15) is 0 Å². The van der Waals surface area contributed by atoms with Crippen molar-refractivity contribution < 1.29 is 27.6 Å². The molecule has 0 aliphatic carbocycles. The lowest BCUT2D eigenvalue weighted by Crippen LogP contribution is -2.49. The molecule has 5 N–H and O–H groups in total. The summed E-state index contributed by atoms with van der Waals surface area (Å²) >= 11 is 0. The summed E-state index contributed by atoms with van der Waals surface area (Å²) in [5.74, 6) is 0.218. The molecule has 13 heteroatoms. The van der Waals surface area contributed by atoms with Crippen LogP contribution in [0.3, 0.4) is 0 Å². The molecule has 1 aromatic heterocycles. The number of hydroxylamine groups is 1. The highest BCUT2D eigenvalue weighted by Gasteiger charge is 2.32. The van der Waals surface area contributed by atoms with Crippen LogP contribution in [0.15, 0.2) is 12.4 Å². The van der Waals surface area contributed by atoms with E-state index in [0.29, 0.717) is 25.9 Å². The van der Waals surface area contributed by atoms with Gasteiger partial charge in [-0.05, 0) is 19.8 Å². The Labute approximate surface area is 159 Å². The van der Waals surface area contributed by atoms with Crippen LogP contribution in [0.5, 0.6) is 0 Å². The first kappa shape index (κ1) is 21.5. The summed E-state index contributed by atoms with van der Waals surface area (Å²) < 4.78 is 37.6. The van der Waals surface area contributed by atoms with Crippen molar-refractivity contribution in [3.63, 3.8) is 0 Å². The maximum atomic E-state index is 12.5. The molecule has 0 radical (unpaired) electrons. The molecule has 1 atom stereocenters. The zero-order valence-electron chi connectivity index (χ0n) is 15.1. The Morgan fingerprint density at radius 3 is 2.46 bits per heavy atom. The fourth-order valence-electron chi connectivity index (χ4n) is 2.59. The Hall–Kier alpha value is -2.83. The Balaban J connectivity index is 1.70. The first-order chi connectivity index (χ1) is 13.1. The van der Waals surface area contributed by atoms with Gasteiger partial charge in [0.2, 0.25) is 5.95 Å². The average molecular weight is 405 g/mol. The van der Waals surface area contributed by atoms with Crippen LogP contribution in [0.2, 0.25) is 0 Å². The van der Waals surface area contributed by atoms with Crippen molar-refractivity contribution in [2.24, 2.45) is 5.73 Å². The van der Waals surface area contributed by atoms with Gasteiger partial charge in [0, 0.05) is 31.5 Å². The van der Waals surface area contributed by atoms with Crippen LogP contribution in [-0.4, -0.2) is 53.8 Å². The second-order valence-corrected chi connectivity index (χ2v) is 6.33. The molecule has 2 heterocycles. The van der Waals surface area contributed by atoms with Crippen molar-refractivity contribution in [1.29, 1.82) is 0 Å². The molecule has 1 aliphatic rings. The smallest absolute Gasteiger partial charge is 0.352 e. The quantitative estimate of drug-likeness (QED) is 0.516. The minimum atomic E-state index is -4.47. The maximum absolute atomic E-state index is 12.5. The summed E-state index contributed by atoms with van der Waals surface area (Å²) in [6.45, 7) is 2.66. The van der Waals surface area contributed by atoms with Gasteiger partial charge in [-0.1, -0.05) is 0 Å². The van der Waals surface area contributed by atoms with Crippen LogP contribution in [-0.2, 0) is 11.0 Å². The Kier molecular flexibility index (Phi) is 7.20. The van der Waals surface area contributed by atoms with Crippen molar-refractivity contribution in [3.8, 4) is 0 Å². The third kappa shape index (κ3) is 6.72. The number of aromatic nitrogens is 2. The van der Waals surface area contributed by atoms with Crippen LogP contribution in [0.25, 0.3) is 0 Å². The number of carbonyl (C=O) groups excluding carboxylic acids is 2. The number of primary amides is 1. The number of carbonyl (C=O) groups is 2. The summed E-state index contributed by atoms with van der Waals surface area (Å²) in [4.78, 5) is 36.7. The molecular formula is C15H22F3N7O3. The number of hydrogen-bond acceptors (Lipinski definition) is 6. The van der Waals surface area contributed by atoms with Crippen LogP contribution < -0.4 is 26.7 Å². The van der Waals surface area contributed by atoms with E-state index in [1.807, 2.05) is 0 Å². The van der Waals surface area contributed by atoms with Gasteiger partial charge < -0.3 is 21.3 Å². The largest absolute Gasteiger partial charge is 0.419 e. The summed E-state index contributed by atoms with van der Waals surface area (Å²) in [7, 11) is 0. The minimum Gasteiger partial charge on any atom is -0.352 e. The number of anilines is 1. The normalized spacial score (nSPS) is 16.4. The van der Waals surface area contributed by atoms with Crippen LogP contribution in [0.4, 0.5) is 28.7 Å². The number of alkyl halides is 3. The topological polar surface area (TPSA) is 134 Å². The summed E-state index contributed by atoms with van der Waals surface area (Å²) in [6.07, 6.45) is -1.83. The van der Waals surface area contributed by atoms with E-state index in [4.69, 9.17) is 10.6 Å². The number of nitrogens with two attached hydrogens (primary N) is 1. The molecule has 10 nitrogen and oxygen atoms in total. The van der Waals surface area contributed by atoms with Gasteiger partial charge in [0.25, 0.3) is 0 Å². The highest BCUT2D eigenvalue weighted by molar-refractivity contribution is 5.73. The first-order valence-corrected chi connectivity index (χ1v) is 8.53. The van der Waals surface area contributed by atoms with Gasteiger partial charge >= 0.3 is 18.2 Å². The van der Waals surface area contributed by atoms with E-state index < -0.39 is 23.8 Å². The fraction of sp³-hybridized carbons (Fsp3) is 0.600. The molecule has 0 saturated carbocycles. The van der Waals surface area contributed by atoms with Crippen LogP contribution >= 0.6 is 0 Å². The molecule has 4 amide bonds. The van der Waals surface area contributed by atoms with Crippen molar-refractivity contribution in [1.82, 2.24) is 26.1 Å². The molecule has 1 fully saturated rings. The Bertz CT molecular complexity index is 664. The average Bonchev–Trinajstić information content (AvgIpc) is 2.61. The summed E-state index contributed by atoms with van der Waals surface area (Å²) in [6, 6.07) is -1.72. The van der Waals surface area contributed by atoms with E-state index in [-0.39, 0.29) is 24.6 Å². The first-order valence-electron chi connectivity index (χ1n) is 8.53. The van der Waals surface area contributed by atoms with Crippen LogP contribution in [0.1, 0.15) is 25.3 Å². The number of hydrogen-bond donors (Lipinski definition) is 4. The highest BCUT2D eigenvalue weighted by atomic mass is 19.4. The van der Waals surface area contributed by atoms with Gasteiger partial charge in [-0.15, -0.1) is 0 Å². The number of halogens is 3. The predicted molar refractivity (Wildman–Crippen MR) is 92.1 cm³/mol. The fourth-order valence-corrected chi connectivity index (χ4v) is 2.59. The van der Waals surface area contributed by atoms with Gasteiger partial charge in [0.05, 0.1) is 18.2 Å². The Morgan fingerprint density at radius 1 is 1.32 bits per heavy atom.